The van der Waals surface area contributed by atoms with Gasteiger partial charge in [0.2, 0.25) is 5.91 Å². The van der Waals surface area contributed by atoms with Crippen molar-refractivity contribution in [3.63, 3.8) is 0 Å². The fourth-order valence-corrected chi connectivity index (χ4v) is 3.33. The van der Waals surface area contributed by atoms with Gasteiger partial charge in [0.15, 0.2) is 0 Å². The number of primary amides is 1. The zero-order valence-corrected chi connectivity index (χ0v) is 17.6. The minimum absolute atomic E-state index is 0. The number of nitrogens with zero attached hydrogens (tertiary/aromatic N) is 1. The van der Waals surface area contributed by atoms with Crippen molar-refractivity contribution in [3.8, 4) is 0 Å². The maximum atomic E-state index is 11.3. The van der Waals surface area contributed by atoms with Gasteiger partial charge in [0, 0.05) is 35.6 Å². The fourth-order valence-electron chi connectivity index (χ4n) is 3.33. The molecular formula is C19H25N2NaO3. The number of nitrogens with two attached hydrogens (primary N) is 1. The van der Waals surface area contributed by atoms with E-state index in [1.54, 1.807) is 13.0 Å². The molecule has 130 valence electrons. The molecule has 1 amide bonds. The van der Waals surface area contributed by atoms with Gasteiger partial charge in [0.1, 0.15) is 0 Å². The number of hydrogen-bond donors (Lipinski definition) is 1. The van der Waals surface area contributed by atoms with Crippen molar-refractivity contribution in [1.29, 1.82) is 0 Å². The molecular weight excluding hydrogens is 327 g/mol. The van der Waals surface area contributed by atoms with Crippen molar-refractivity contribution in [2.45, 2.75) is 52.4 Å². The van der Waals surface area contributed by atoms with Crippen molar-refractivity contribution in [1.82, 2.24) is 4.57 Å². The number of carboxylic acids is 1. The van der Waals surface area contributed by atoms with Crippen molar-refractivity contribution in [3.05, 3.63) is 34.5 Å². The summed E-state index contributed by atoms with van der Waals surface area (Å²) in [6.45, 7) is 3.93. The summed E-state index contributed by atoms with van der Waals surface area (Å²) in [5.41, 5.74) is 9.35. The van der Waals surface area contributed by atoms with Crippen LogP contribution in [0.2, 0.25) is 0 Å². The van der Waals surface area contributed by atoms with Gasteiger partial charge in [0.05, 0.1) is 5.97 Å². The number of carbonyl (C=O) groups is 2. The van der Waals surface area contributed by atoms with Gasteiger partial charge in [-0.2, -0.15) is 0 Å². The number of aromatic carboxylic acids is 1. The Morgan fingerprint density at radius 3 is 2.44 bits per heavy atom. The normalized spacial score (nSPS) is 10.7. The number of hydrogen-bond acceptors (Lipinski definition) is 3. The first kappa shape index (κ1) is 21.7. The fraction of sp³-hybridized carbons (Fsp3) is 0.474. The number of carbonyl (C=O) groups excluding carboxylic acids is 2. The van der Waals surface area contributed by atoms with E-state index < -0.39 is 5.97 Å². The zero-order chi connectivity index (χ0) is 17.9. The van der Waals surface area contributed by atoms with Crippen LogP contribution in [0.15, 0.2) is 12.1 Å². The average molecular weight is 352 g/mol. The number of aryl methyl sites for hydroxylation is 3. The van der Waals surface area contributed by atoms with E-state index >= 15 is 0 Å². The number of amides is 1. The molecule has 0 spiro atoms. The number of rotatable bonds is 8. The number of benzene rings is 1. The first-order valence-corrected chi connectivity index (χ1v) is 8.47. The van der Waals surface area contributed by atoms with E-state index in [0.717, 1.165) is 47.8 Å². The van der Waals surface area contributed by atoms with Gasteiger partial charge in [0.25, 0.3) is 0 Å². The molecule has 1 aromatic heterocycles. The quantitative estimate of drug-likeness (QED) is 0.488. The summed E-state index contributed by atoms with van der Waals surface area (Å²) in [7, 11) is 1.95. The van der Waals surface area contributed by atoms with Crippen molar-refractivity contribution < 1.29 is 44.3 Å². The summed E-state index contributed by atoms with van der Waals surface area (Å²) in [5.74, 6) is -1.49. The third-order valence-electron chi connectivity index (χ3n) is 4.64. The van der Waals surface area contributed by atoms with Crippen molar-refractivity contribution in [2.24, 2.45) is 12.8 Å². The molecule has 0 aliphatic rings. The van der Waals surface area contributed by atoms with Crippen LogP contribution in [-0.2, 0) is 24.7 Å². The number of carboxylic acid groups (broad SMARTS) is 1. The molecule has 2 aromatic rings. The van der Waals surface area contributed by atoms with Gasteiger partial charge >= 0.3 is 29.6 Å². The summed E-state index contributed by atoms with van der Waals surface area (Å²) in [6, 6.07) is 3.57. The third kappa shape index (κ3) is 4.87. The minimum Gasteiger partial charge on any atom is -0.545 e. The van der Waals surface area contributed by atoms with Gasteiger partial charge in [-0.05, 0) is 49.4 Å². The van der Waals surface area contributed by atoms with Crippen LogP contribution in [0.4, 0.5) is 0 Å². The molecule has 0 fully saturated rings. The Kier molecular flexibility index (Phi) is 8.19. The van der Waals surface area contributed by atoms with Gasteiger partial charge in [-0.3, -0.25) is 4.79 Å². The summed E-state index contributed by atoms with van der Waals surface area (Å²) in [6.07, 6.45) is 5.12. The van der Waals surface area contributed by atoms with Crippen LogP contribution >= 0.6 is 0 Å². The zero-order valence-electron chi connectivity index (χ0n) is 15.6. The van der Waals surface area contributed by atoms with Crippen LogP contribution in [0.25, 0.3) is 10.9 Å². The summed E-state index contributed by atoms with van der Waals surface area (Å²) in [5, 5.41) is 12.3. The molecule has 0 bridgehead atoms. The maximum Gasteiger partial charge on any atom is 1.00 e. The first-order chi connectivity index (χ1) is 11.4. The van der Waals surface area contributed by atoms with Crippen LogP contribution in [0, 0.1) is 6.92 Å². The number of unbranched alkanes of at least 4 members (excludes halogenated alkanes) is 2. The largest absolute Gasteiger partial charge is 1.00 e. The Hall–Kier alpha value is -1.30. The second-order valence-electron chi connectivity index (χ2n) is 6.38. The third-order valence-corrected chi connectivity index (χ3v) is 4.64. The maximum absolute atomic E-state index is 11.3. The van der Waals surface area contributed by atoms with E-state index in [4.69, 9.17) is 5.73 Å². The standard InChI is InChI=1S/C19H26N2O3.Na/c1-4-5-6-7-16-13(8-9-18(20)22)15-10-12(2)14(19(23)24)11-17(15)21(16)3;/h10-11H,4-9H2,1-3H3,(H2,20,22)(H,23,24);/q;+1/p-1. The molecule has 0 aliphatic heterocycles. The second-order valence-corrected chi connectivity index (χ2v) is 6.38. The predicted octanol–water partition coefficient (Wildman–Crippen LogP) is -0.995. The van der Waals surface area contributed by atoms with E-state index in [9.17, 15) is 14.7 Å². The van der Waals surface area contributed by atoms with Crippen molar-refractivity contribution >= 4 is 22.8 Å². The monoisotopic (exact) mass is 352 g/mol. The molecule has 5 nitrogen and oxygen atoms in total. The molecule has 6 heteroatoms. The number of fused-ring (bicyclic) bond motifs is 1. The topological polar surface area (TPSA) is 88.2 Å². The van der Waals surface area contributed by atoms with Crippen molar-refractivity contribution in [2.75, 3.05) is 0 Å². The molecule has 1 heterocycles. The molecule has 25 heavy (non-hydrogen) atoms. The molecule has 1 aromatic carbocycles. The molecule has 0 radical (unpaired) electrons. The number of aromatic nitrogens is 1. The van der Waals surface area contributed by atoms with Gasteiger partial charge < -0.3 is 20.2 Å². The second kappa shape index (κ2) is 9.41. The van der Waals surface area contributed by atoms with E-state index in [1.807, 2.05) is 17.7 Å². The molecule has 2 rings (SSSR count). The summed E-state index contributed by atoms with van der Waals surface area (Å²) >= 11 is 0. The smallest absolute Gasteiger partial charge is 0.545 e. The molecule has 2 N–H and O–H groups in total. The molecule has 0 atom stereocenters. The first-order valence-electron chi connectivity index (χ1n) is 8.47. The van der Waals surface area contributed by atoms with Gasteiger partial charge in [-0.1, -0.05) is 19.8 Å². The van der Waals surface area contributed by atoms with E-state index in [2.05, 4.69) is 6.92 Å². The summed E-state index contributed by atoms with van der Waals surface area (Å²) in [4.78, 5) is 22.5. The van der Waals surface area contributed by atoms with Crippen LogP contribution < -0.4 is 40.4 Å². The van der Waals surface area contributed by atoms with Gasteiger partial charge in [-0.25, -0.2) is 0 Å². The molecule has 0 aliphatic carbocycles. The minimum atomic E-state index is -1.16. The Morgan fingerprint density at radius 2 is 1.88 bits per heavy atom. The Labute approximate surface area is 170 Å². The van der Waals surface area contributed by atoms with E-state index in [0.29, 0.717) is 18.4 Å². The van der Waals surface area contributed by atoms with Crippen LogP contribution in [0.3, 0.4) is 0 Å². The van der Waals surface area contributed by atoms with Crippen LogP contribution in [-0.4, -0.2) is 16.4 Å². The van der Waals surface area contributed by atoms with Crippen LogP contribution in [0.5, 0.6) is 0 Å². The average Bonchev–Trinajstić information content (AvgIpc) is 2.76. The summed E-state index contributed by atoms with van der Waals surface area (Å²) < 4.78 is 2.05. The van der Waals surface area contributed by atoms with E-state index in [1.165, 1.54) is 0 Å². The molecule has 0 saturated carbocycles. The SMILES string of the molecule is CCCCCc1c(CCC(N)=O)c2cc(C)c(C(=O)[O-])cc2n1C.[Na+]. The molecule has 0 unspecified atom stereocenters. The Balaban J connectivity index is 0.00000312. The van der Waals surface area contributed by atoms with Crippen LogP contribution in [0.1, 0.15) is 59.8 Å². The van der Waals surface area contributed by atoms with Gasteiger partial charge in [-0.15, -0.1) is 0 Å². The predicted molar refractivity (Wildman–Crippen MR) is 92.7 cm³/mol. The molecule has 0 saturated heterocycles. The Morgan fingerprint density at radius 1 is 1.20 bits per heavy atom. The van der Waals surface area contributed by atoms with E-state index in [-0.39, 0.29) is 41.0 Å². The Bertz CT molecular complexity index is 781.